The molecule has 2 N–H and O–H groups in total. The lowest BCUT2D eigenvalue weighted by molar-refractivity contribution is -0.164. The third-order valence-electron chi connectivity index (χ3n) is 6.46. The average molecular weight is 292 g/mol. The van der Waals surface area contributed by atoms with Gasteiger partial charge in [0.2, 0.25) is 5.91 Å². The van der Waals surface area contributed by atoms with Crippen LogP contribution in [0.1, 0.15) is 45.4 Å². The van der Waals surface area contributed by atoms with Crippen molar-refractivity contribution < 1.29 is 9.53 Å². The van der Waals surface area contributed by atoms with Crippen LogP contribution < -0.4 is 5.73 Å². The highest BCUT2D eigenvalue weighted by Crippen LogP contribution is 2.60. The Morgan fingerprint density at radius 3 is 2.29 bits per heavy atom. The van der Waals surface area contributed by atoms with Crippen molar-refractivity contribution >= 4 is 5.91 Å². The van der Waals surface area contributed by atoms with Crippen LogP contribution in [0.15, 0.2) is 0 Å². The van der Waals surface area contributed by atoms with Crippen LogP contribution >= 0.6 is 0 Å². The summed E-state index contributed by atoms with van der Waals surface area (Å²) in [5.41, 5.74) is 5.95. The number of hydrogen-bond donors (Lipinski definition) is 1. The number of carbonyl (C=O) groups excluding carboxylic acids is 1. The highest BCUT2D eigenvalue weighted by Gasteiger charge is 2.55. The molecule has 4 heteroatoms. The number of nitrogens with zero attached hydrogens (tertiary/aromatic N) is 1. The topological polar surface area (TPSA) is 55.6 Å². The molecule has 1 saturated heterocycles. The van der Waals surface area contributed by atoms with E-state index in [-0.39, 0.29) is 17.6 Å². The minimum absolute atomic E-state index is 0.00281. The van der Waals surface area contributed by atoms with Crippen molar-refractivity contribution in [3.05, 3.63) is 0 Å². The zero-order valence-corrected chi connectivity index (χ0v) is 13.1. The van der Waals surface area contributed by atoms with E-state index in [1.807, 2.05) is 6.92 Å². The largest absolute Gasteiger partial charge is 0.373 e. The van der Waals surface area contributed by atoms with Crippen molar-refractivity contribution in [2.75, 3.05) is 19.7 Å². The van der Waals surface area contributed by atoms with Gasteiger partial charge in [-0.15, -0.1) is 0 Å². The summed E-state index contributed by atoms with van der Waals surface area (Å²) in [5, 5.41) is 0. The fraction of sp³-hybridized carbons (Fsp3) is 0.941. The molecule has 5 rings (SSSR count). The van der Waals surface area contributed by atoms with E-state index >= 15 is 0 Å². The monoisotopic (exact) mass is 292 g/mol. The summed E-state index contributed by atoms with van der Waals surface area (Å²) in [5.74, 6) is 2.90. The maximum absolute atomic E-state index is 13.2. The molecule has 0 spiro atoms. The van der Waals surface area contributed by atoms with E-state index < -0.39 is 0 Å². The Morgan fingerprint density at radius 1 is 1.19 bits per heavy atom. The van der Waals surface area contributed by atoms with Gasteiger partial charge in [0, 0.05) is 19.1 Å². The Balaban J connectivity index is 1.52. The minimum atomic E-state index is -0.0194. The maximum Gasteiger partial charge on any atom is 0.228 e. The second kappa shape index (κ2) is 4.95. The highest BCUT2D eigenvalue weighted by molar-refractivity contribution is 5.83. The van der Waals surface area contributed by atoms with Gasteiger partial charge < -0.3 is 15.4 Å². The van der Waals surface area contributed by atoms with Gasteiger partial charge in [0.15, 0.2) is 0 Å². The SMILES string of the molecule is CC(N)C1CN(C(=O)C23CC4CC(CC(C4)C2)C3)CCO1. The van der Waals surface area contributed by atoms with Gasteiger partial charge in [-0.2, -0.15) is 0 Å². The molecular formula is C17H28N2O2. The molecule has 0 aromatic rings. The standard InChI is InChI=1S/C17H28N2O2/c1-11(18)15-10-19(2-3-21-15)16(20)17-7-12-4-13(8-17)6-14(5-12)9-17/h11-15H,2-10,18H2,1H3. The van der Waals surface area contributed by atoms with E-state index in [1.165, 1.54) is 19.3 Å². The van der Waals surface area contributed by atoms with Crippen molar-refractivity contribution in [3.8, 4) is 0 Å². The molecule has 1 heterocycles. The first-order valence-corrected chi connectivity index (χ1v) is 8.72. The number of nitrogens with two attached hydrogens (primary N) is 1. The summed E-state index contributed by atoms with van der Waals surface area (Å²) < 4.78 is 5.72. The summed E-state index contributed by atoms with van der Waals surface area (Å²) in [4.78, 5) is 15.3. The molecule has 4 bridgehead atoms. The van der Waals surface area contributed by atoms with Crippen molar-refractivity contribution in [2.45, 2.75) is 57.6 Å². The van der Waals surface area contributed by atoms with Crippen LogP contribution in [0.2, 0.25) is 0 Å². The Morgan fingerprint density at radius 2 is 1.76 bits per heavy atom. The minimum Gasteiger partial charge on any atom is -0.373 e. The molecule has 2 unspecified atom stereocenters. The van der Waals surface area contributed by atoms with Gasteiger partial charge in [-0.3, -0.25) is 4.79 Å². The van der Waals surface area contributed by atoms with E-state index in [0.29, 0.717) is 19.1 Å². The molecule has 0 aromatic heterocycles. The van der Waals surface area contributed by atoms with Crippen molar-refractivity contribution in [1.29, 1.82) is 0 Å². The molecule has 4 saturated carbocycles. The number of hydrogen-bond acceptors (Lipinski definition) is 3. The maximum atomic E-state index is 13.2. The van der Waals surface area contributed by atoms with E-state index in [0.717, 1.165) is 43.6 Å². The third kappa shape index (κ3) is 2.31. The van der Waals surface area contributed by atoms with Crippen LogP contribution in [0.25, 0.3) is 0 Å². The van der Waals surface area contributed by atoms with E-state index in [4.69, 9.17) is 10.5 Å². The molecule has 1 aliphatic heterocycles. The summed E-state index contributed by atoms with van der Waals surface area (Å²) >= 11 is 0. The highest BCUT2D eigenvalue weighted by atomic mass is 16.5. The normalized spacial score (nSPS) is 46.7. The van der Waals surface area contributed by atoms with Crippen molar-refractivity contribution in [1.82, 2.24) is 4.90 Å². The second-order valence-electron chi connectivity index (χ2n) is 8.22. The van der Waals surface area contributed by atoms with Crippen LogP contribution in [-0.2, 0) is 9.53 Å². The van der Waals surface area contributed by atoms with Crippen LogP contribution in [0.3, 0.4) is 0 Å². The smallest absolute Gasteiger partial charge is 0.228 e. The summed E-state index contributed by atoms with van der Waals surface area (Å²) in [6.07, 6.45) is 7.62. The number of rotatable bonds is 2. The number of ether oxygens (including phenoxy) is 1. The average Bonchev–Trinajstić information content (AvgIpc) is 2.45. The third-order valence-corrected chi connectivity index (χ3v) is 6.46. The Hall–Kier alpha value is -0.610. The molecule has 118 valence electrons. The molecule has 2 atom stereocenters. The zero-order valence-electron chi connectivity index (χ0n) is 13.1. The lowest BCUT2D eigenvalue weighted by atomic mass is 9.49. The predicted molar refractivity (Wildman–Crippen MR) is 80.6 cm³/mol. The molecule has 0 aromatic carbocycles. The molecule has 5 aliphatic rings. The van der Waals surface area contributed by atoms with Gasteiger partial charge >= 0.3 is 0 Å². The first kappa shape index (κ1) is 14.0. The quantitative estimate of drug-likeness (QED) is 0.844. The van der Waals surface area contributed by atoms with Gasteiger partial charge in [-0.05, 0) is 63.2 Å². The Kier molecular flexibility index (Phi) is 3.30. The Labute approximate surface area is 127 Å². The first-order valence-electron chi connectivity index (χ1n) is 8.72. The van der Waals surface area contributed by atoms with Crippen LogP contribution in [0.5, 0.6) is 0 Å². The number of amides is 1. The molecule has 5 fully saturated rings. The molecule has 1 amide bonds. The molecule has 0 radical (unpaired) electrons. The lowest BCUT2D eigenvalue weighted by Crippen LogP contribution is -2.59. The lowest BCUT2D eigenvalue weighted by Gasteiger charge is -2.57. The van der Waals surface area contributed by atoms with Crippen LogP contribution in [-0.4, -0.2) is 42.6 Å². The van der Waals surface area contributed by atoms with Crippen molar-refractivity contribution in [2.24, 2.45) is 28.9 Å². The van der Waals surface area contributed by atoms with E-state index in [9.17, 15) is 4.79 Å². The van der Waals surface area contributed by atoms with E-state index in [1.54, 1.807) is 0 Å². The summed E-state index contributed by atoms with van der Waals surface area (Å²) in [7, 11) is 0. The fourth-order valence-corrected chi connectivity index (χ4v) is 5.89. The Bertz CT molecular complexity index is 399. The van der Waals surface area contributed by atoms with Crippen LogP contribution in [0, 0.1) is 23.2 Å². The van der Waals surface area contributed by atoms with E-state index in [2.05, 4.69) is 4.90 Å². The predicted octanol–water partition coefficient (Wildman–Crippen LogP) is 1.78. The number of carbonyl (C=O) groups is 1. The fourth-order valence-electron chi connectivity index (χ4n) is 5.89. The second-order valence-corrected chi connectivity index (χ2v) is 8.22. The molecule has 4 aliphatic carbocycles. The zero-order chi connectivity index (χ0) is 14.6. The van der Waals surface area contributed by atoms with Gasteiger partial charge in [0.1, 0.15) is 0 Å². The summed E-state index contributed by atoms with van der Waals surface area (Å²) in [6, 6.07) is -0.00281. The van der Waals surface area contributed by atoms with Gasteiger partial charge in [-0.1, -0.05) is 0 Å². The molecule has 21 heavy (non-hydrogen) atoms. The molecule has 4 nitrogen and oxygen atoms in total. The first-order chi connectivity index (χ1) is 10.1. The van der Waals surface area contributed by atoms with Gasteiger partial charge in [0.05, 0.1) is 18.1 Å². The van der Waals surface area contributed by atoms with Crippen LogP contribution in [0.4, 0.5) is 0 Å². The van der Waals surface area contributed by atoms with Gasteiger partial charge in [0.25, 0.3) is 0 Å². The number of morpholine rings is 1. The molecular weight excluding hydrogens is 264 g/mol. The summed E-state index contributed by atoms with van der Waals surface area (Å²) in [6.45, 7) is 4.07. The van der Waals surface area contributed by atoms with Gasteiger partial charge in [-0.25, -0.2) is 0 Å². The van der Waals surface area contributed by atoms with Crippen molar-refractivity contribution in [3.63, 3.8) is 0 Å².